The van der Waals surface area contributed by atoms with Crippen LogP contribution >= 0.6 is 0 Å². The minimum absolute atomic E-state index is 0.469. The molecule has 0 bridgehead atoms. The van der Waals surface area contributed by atoms with Crippen LogP contribution in [-0.2, 0) is 6.54 Å². The Hall–Kier alpha value is -2.49. The quantitative estimate of drug-likeness (QED) is 0.727. The lowest BCUT2D eigenvalue weighted by molar-refractivity contribution is 0.584. The Morgan fingerprint density at radius 2 is 1.95 bits per heavy atom. The second-order valence-corrected chi connectivity index (χ2v) is 4.28. The minimum atomic E-state index is -0.469. The Kier molecular flexibility index (Phi) is 3.06. The van der Waals surface area contributed by atoms with Crippen LogP contribution in [0.5, 0.6) is 0 Å². The number of hydrogen-bond donors (Lipinski definition) is 1. The lowest BCUT2D eigenvalue weighted by atomic mass is 10.1. The first kappa shape index (κ1) is 11.6. The Morgan fingerprint density at radius 3 is 2.79 bits per heavy atom. The van der Waals surface area contributed by atoms with Gasteiger partial charge in [0.15, 0.2) is 0 Å². The molecule has 0 aliphatic heterocycles. The van der Waals surface area contributed by atoms with Crippen LogP contribution in [-0.4, -0.2) is 9.97 Å². The smallest absolute Gasteiger partial charge is 0.212 e. The van der Waals surface area contributed by atoms with Crippen molar-refractivity contribution in [1.82, 2.24) is 9.97 Å². The van der Waals surface area contributed by atoms with Gasteiger partial charge in [0, 0.05) is 24.3 Å². The molecule has 3 nitrogen and oxygen atoms in total. The highest BCUT2D eigenvalue weighted by atomic mass is 19.1. The van der Waals surface area contributed by atoms with E-state index < -0.39 is 5.95 Å². The number of aromatic nitrogens is 2. The Balaban J connectivity index is 1.76. The van der Waals surface area contributed by atoms with Crippen molar-refractivity contribution >= 4 is 16.5 Å². The van der Waals surface area contributed by atoms with Gasteiger partial charge in [-0.05, 0) is 35.2 Å². The van der Waals surface area contributed by atoms with E-state index in [9.17, 15) is 4.39 Å². The molecule has 2 heterocycles. The summed E-state index contributed by atoms with van der Waals surface area (Å²) in [5.74, 6) is -0.469. The number of rotatable bonds is 3. The average molecular weight is 253 g/mol. The Morgan fingerprint density at radius 1 is 1.00 bits per heavy atom. The molecule has 0 radical (unpaired) electrons. The maximum Gasteiger partial charge on any atom is 0.212 e. The van der Waals surface area contributed by atoms with E-state index in [1.54, 1.807) is 12.3 Å². The molecule has 0 aliphatic rings. The molecule has 0 fully saturated rings. The van der Waals surface area contributed by atoms with Crippen LogP contribution < -0.4 is 5.32 Å². The van der Waals surface area contributed by atoms with Gasteiger partial charge >= 0.3 is 0 Å². The van der Waals surface area contributed by atoms with Gasteiger partial charge in [-0.25, -0.2) is 4.98 Å². The van der Waals surface area contributed by atoms with Gasteiger partial charge in [0.2, 0.25) is 5.95 Å². The second-order valence-electron chi connectivity index (χ2n) is 4.28. The first-order valence-electron chi connectivity index (χ1n) is 5.99. The number of anilines is 1. The van der Waals surface area contributed by atoms with Crippen molar-refractivity contribution in [2.24, 2.45) is 0 Å². The van der Waals surface area contributed by atoms with Crippen molar-refractivity contribution in [2.45, 2.75) is 6.54 Å². The topological polar surface area (TPSA) is 37.8 Å². The molecule has 0 unspecified atom stereocenters. The molecule has 4 heteroatoms. The van der Waals surface area contributed by atoms with Crippen molar-refractivity contribution in [3.63, 3.8) is 0 Å². The maximum atomic E-state index is 12.7. The van der Waals surface area contributed by atoms with Crippen LogP contribution in [0.3, 0.4) is 0 Å². The molecule has 0 aliphatic carbocycles. The molecule has 94 valence electrons. The summed E-state index contributed by atoms with van der Waals surface area (Å²) < 4.78 is 12.7. The molecule has 2 aromatic heterocycles. The number of hydrogen-bond acceptors (Lipinski definition) is 3. The number of nitrogens with zero attached hydrogens (tertiary/aromatic N) is 2. The van der Waals surface area contributed by atoms with E-state index in [0.29, 0.717) is 6.54 Å². The van der Waals surface area contributed by atoms with Crippen LogP contribution in [0.4, 0.5) is 10.1 Å². The summed E-state index contributed by atoms with van der Waals surface area (Å²) in [5, 5.41) is 5.49. The zero-order chi connectivity index (χ0) is 13.1. The standard InChI is InChI=1S/C15H12FN3/c16-15-4-3-14(10-19-15)18-8-11-1-2-13-9-17-6-5-12(13)7-11/h1-7,9-10,18H,8H2. The minimum Gasteiger partial charge on any atom is -0.380 e. The van der Waals surface area contributed by atoms with E-state index in [0.717, 1.165) is 22.0 Å². The monoisotopic (exact) mass is 253 g/mol. The van der Waals surface area contributed by atoms with E-state index in [-0.39, 0.29) is 0 Å². The van der Waals surface area contributed by atoms with Gasteiger partial charge in [0.25, 0.3) is 0 Å². The second kappa shape index (κ2) is 5.02. The zero-order valence-corrected chi connectivity index (χ0v) is 10.2. The predicted molar refractivity (Wildman–Crippen MR) is 73.3 cm³/mol. The lowest BCUT2D eigenvalue weighted by Gasteiger charge is -2.07. The van der Waals surface area contributed by atoms with Crippen molar-refractivity contribution in [3.05, 3.63) is 66.5 Å². The number of halogens is 1. The predicted octanol–water partition coefficient (Wildman–Crippen LogP) is 3.38. The number of benzene rings is 1. The summed E-state index contributed by atoms with van der Waals surface area (Å²) in [6.45, 7) is 0.672. The molecule has 0 atom stereocenters. The average Bonchev–Trinajstić information content (AvgIpc) is 2.46. The van der Waals surface area contributed by atoms with E-state index in [1.807, 2.05) is 24.4 Å². The molecule has 1 aromatic carbocycles. The number of pyridine rings is 2. The van der Waals surface area contributed by atoms with Crippen LogP contribution in [0, 0.1) is 5.95 Å². The molecule has 0 amide bonds. The zero-order valence-electron chi connectivity index (χ0n) is 10.2. The third-order valence-electron chi connectivity index (χ3n) is 2.93. The van der Waals surface area contributed by atoms with E-state index in [1.165, 1.54) is 12.3 Å². The van der Waals surface area contributed by atoms with Crippen molar-refractivity contribution < 1.29 is 4.39 Å². The third kappa shape index (κ3) is 2.68. The molecule has 1 N–H and O–H groups in total. The van der Waals surface area contributed by atoms with E-state index in [4.69, 9.17) is 0 Å². The van der Waals surface area contributed by atoms with Gasteiger partial charge in [-0.15, -0.1) is 0 Å². The SMILES string of the molecule is Fc1ccc(NCc2ccc3cnccc3c2)cn1. The van der Waals surface area contributed by atoms with Gasteiger partial charge in [0.05, 0.1) is 11.9 Å². The molecular weight excluding hydrogens is 241 g/mol. The molecule has 0 spiro atoms. The lowest BCUT2D eigenvalue weighted by Crippen LogP contribution is -2.00. The molecule has 0 saturated carbocycles. The normalized spacial score (nSPS) is 10.6. The molecular formula is C15H12FN3. The van der Waals surface area contributed by atoms with Gasteiger partial charge < -0.3 is 5.32 Å². The van der Waals surface area contributed by atoms with Crippen LogP contribution in [0.2, 0.25) is 0 Å². The van der Waals surface area contributed by atoms with Crippen molar-refractivity contribution in [2.75, 3.05) is 5.32 Å². The highest BCUT2D eigenvalue weighted by molar-refractivity contribution is 5.82. The molecule has 3 aromatic rings. The molecule has 0 saturated heterocycles. The summed E-state index contributed by atoms with van der Waals surface area (Å²) >= 11 is 0. The number of fused-ring (bicyclic) bond motifs is 1. The van der Waals surface area contributed by atoms with E-state index >= 15 is 0 Å². The van der Waals surface area contributed by atoms with Gasteiger partial charge in [-0.1, -0.05) is 12.1 Å². The van der Waals surface area contributed by atoms with E-state index in [2.05, 4.69) is 21.4 Å². The van der Waals surface area contributed by atoms with Gasteiger partial charge in [-0.3, -0.25) is 4.98 Å². The fourth-order valence-corrected chi connectivity index (χ4v) is 1.93. The summed E-state index contributed by atoms with van der Waals surface area (Å²) in [5.41, 5.74) is 1.96. The summed E-state index contributed by atoms with van der Waals surface area (Å²) in [4.78, 5) is 7.69. The third-order valence-corrected chi connectivity index (χ3v) is 2.93. The first-order chi connectivity index (χ1) is 9.31. The Labute approximate surface area is 110 Å². The molecule has 19 heavy (non-hydrogen) atoms. The summed E-state index contributed by atoms with van der Waals surface area (Å²) in [6.07, 6.45) is 5.11. The van der Waals surface area contributed by atoms with Gasteiger partial charge in [0.1, 0.15) is 0 Å². The first-order valence-corrected chi connectivity index (χ1v) is 5.99. The highest BCUT2D eigenvalue weighted by Gasteiger charge is 1.98. The fourth-order valence-electron chi connectivity index (χ4n) is 1.93. The Bertz CT molecular complexity index is 695. The highest BCUT2D eigenvalue weighted by Crippen LogP contribution is 2.15. The van der Waals surface area contributed by atoms with Crippen molar-refractivity contribution in [1.29, 1.82) is 0 Å². The summed E-state index contributed by atoms with van der Waals surface area (Å²) in [6, 6.07) is 11.2. The van der Waals surface area contributed by atoms with Gasteiger partial charge in [-0.2, -0.15) is 4.39 Å². The summed E-state index contributed by atoms with van der Waals surface area (Å²) in [7, 11) is 0. The van der Waals surface area contributed by atoms with Crippen LogP contribution in [0.1, 0.15) is 5.56 Å². The van der Waals surface area contributed by atoms with Crippen LogP contribution in [0.25, 0.3) is 10.8 Å². The van der Waals surface area contributed by atoms with Crippen LogP contribution in [0.15, 0.2) is 55.0 Å². The molecule has 3 rings (SSSR count). The largest absolute Gasteiger partial charge is 0.380 e. The maximum absolute atomic E-state index is 12.7. The fraction of sp³-hybridized carbons (Fsp3) is 0.0667. The number of nitrogens with one attached hydrogen (secondary N) is 1. The van der Waals surface area contributed by atoms with Crippen molar-refractivity contribution in [3.8, 4) is 0 Å².